The van der Waals surface area contributed by atoms with Gasteiger partial charge in [0.05, 0.1) is 5.69 Å². The molecule has 0 spiro atoms. The first-order chi connectivity index (χ1) is 6.33. The molecular formula is C9H7N3O. The minimum atomic E-state index is 0.547. The average Bonchev–Trinajstić information content (AvgIpc) is 2.44. The zero-order valence-electron chi connectivity index (χ0n) is 7.06. The molecule has 0 N–H and O–H groups in total. The summed E-state index contributed by atoms with van der Waals surface area (Å²) in [4.78, 5) is 17.9. The van der Waals surface area contributed by atoms with E-state index in [-0.39, 0.29) is 0 Å². The lowest BCUT2D eigenvalue weighted by atomic mass is 10.5. The predicted octanol–water partition coefficient (Wildman–Crippen LogP) is 1.61. The Labute approximate surface area is 74.6 Å². The lowest BCUT2D eigenvalue weighted by Crippen LogP contribution is -1.80. The molecular weight excluding hydrogens is 166 g/mol. The molecule has 0 bridgehead atoms. The first-order valence-corrected chi connectivity index (χ1v) is 3.84. The van der Waals surface area contributed by atoms with Gasteiger partial charge in [0.25, 0.3) is 0 Å². The molecule has 0 aliphatic rings. The second kappa shape index (κ2) is 2.84. The fourth-order valence-electron chi connectivity index (χ4n) is 1.28. The standard InChI is InChI=1S/C9H7N3O/c1-7-9(10-6-13)12-5-3-2-4-8(12)11-7/h2-5H,1H3. The zero-order chi connectivity index (χ0) is 9.26. The minimum Gasteiger partial charge on any atom is -0.284 e. The summed E-state index contributed by atoms with van der Waals surface area (Å²) in [5.74, 6) is 0.547. The molecule has 4 heteroatoms. The van der Waals surface area contributed by atoms with E-state index >= 15 is 0 Å². The number of aryl methyl sites for hydroxylation is 1. The van der Waals surface area contributed by atoms with Gasteiger partial charge < -0.3 is 0 Å². The molecule has 0 saturated heterocycles. The Morgan fingerprint density at radius 1 is 1.54 bits per heavy atom. The van der Waals surface area contributed by atoms with Crippen molar-refractivity contribution in [1.29, 1.82) is 0 Å². The maximum atomic E-state index is 10.1. The van der Waals surface area contributed by atoms with Crippen LogP contribution in [0, 0.1) is 6.92 Å². The fourth-order valence-corrected chi connectivity index (χ4v) is 1.28. The van der Waals surface area contributed by atoms with Gasteiger partial charge in [-0.05, 0) is 19.1 Å². The molecule has 0 unspecified atom stereocenters. The van der Waals surface area contributed by atoms with Crippen LogP contribution < -0.4 is 0 Å². The molecule has 2 aromatic heterocycles. The third kappa shape index (κ3) is 1.13. The van der Waals surface area contributed by atoms with Crippen molar-refractivity contribution in [3.05, 3.63) is 30.1 Å². The Morgan fingerprint density at radius 2 is 2.38 bits per heavy atom. The van der Waals surface area contributed by atoms with Gasteiger partial charge in [0.2, 0.25) is 6.08 Å². The van der Waals surface area contributed by atoms with Gasteiger partial charge in [0, 0.05) is 6.20 Å². The van der Waals surface area contributed by atoms with Crippen molar-refractivity contribution >= 4 is 17.5 Å². The number of fused-ring (bicyclic) bond motifs is 1. The maximum absolute atomic E-state index is 10.1. The third-order valence-corrected chi connectivity index (χ3v) is 1.82. The number of aromatic nitrogens is 2. The highest BCUT2D eigenvalue weighted by Crippen LogP contribution is 2.18. The normalized spacial score (nSPS) is 9.92. The summed E-state index contributed by atoms with van der Waals surface area (Å²) in [5, 5.41) is 0. The molecule has 13 heavy (non-hydrogen) atoms. The van der Waals surface area contributed by atoms with E-state index in [9.17, 15) is 4.79 Å². The smallest absolute Gasteiger partial charge is 0.242 e. The van der Waals surface area contributed by atoms with Crippen LogP contribution in [0.1, 0.15) is 5.69 Å². The molecule has 2 heterocycles. The molecule has 0 aliphatic carbocycles. The number of imidazole rings is 1. The van der Waals surface area contributed by atoms with Crippen LogP contribution in [0.3, 0.4) is 0 Å². The summed E-state index contributed by atoms with van der Waals surface area (Å²) in [7, 11) is 0. The number of hydrogen-bond acceptors (Lipinski definition) is 3. The Balaban J connectivity index is 2.85. The van der Waals surface area contributed by atoms with Gasteiger partial charge in [-0.2, -0.15) is 0 Å². The molecule has 0 aliphatic heterocycles. The average molecular weight is 173 g/mol. The monoisotopic (exact) mass is 173 g/mol. The second-order valence-electron chi connectivity index (χ2n) is 2.65. The van der Waals surface area contributed by atoms with E-state index in [1.165, 1.54) is 6.08 Å². The summed E-state index contributed by atoms with van der Waals surface area (Å²) >= 11 is 0. The number of isocyanates is 1. The van der Waals surface area contributed by atoms with Crippen LogP contribution in [0.2, 0.25) is 0 Å². The van der Waals surface area contributed by atoms with E-state index in [0.717, 1.165) is 11.3 Å². The molecule has 2 aromatic rings. The molecule has 64 valence electrons. The van der Waals surface area contributed by atoms with E-state index in [2.05, 4.69) is 9.98 Å². The van der Waals surface area contributed by atoms with Crippen LogP contribution in [-0.4, -0.2) is 15.5 Å². The van der Waals surface area contributed by atoms with E-state index in [1.807, 2.05) is 31.3 Å². The fraction of sp³-hybridized carbons (Fsp3) is 0.111. The summed E-state index contributed by atoms with van der Waals surface area (Å²) in [6.45, 7) is 1.81. The predicted molar refractivity (Wildman–Crippen MR) is 47.7 cm³/mol. The van der Waals surface area contributed by atoms with Crippen molar-refractivity contribution in [1.82, 2.24) is 9.38 Å². The summed E-state index contributed by atoms with van der Waals surface area (Å²) in [6.07, 6.45) is 3.33. The zero-order valence-corrected chi connectivity index (χ0v) is 7.06. The van der Waals surface area contributed by atoms with Crippen molar-refractivity contribution in [3.8, 4) is 0 Å². The molecule has 0 radical (unpaired) electrons. The van der Waals surface area contributed by atoms with Gasteiger partial charge in [-0.25, -0.2) is 9.78 Å². The van der Waals surface area contributed by atoms with E-state index < -0.39 is 0 Å². The SMILES string of the molecule is Cc1nc2ccccn2c1N=C=O. The number of carbonyl (C=O) groups excluding carboxylic acids is 1. The van der Waals surface area contributed by atoms with Crippen LogP contribution in [0.15, 0.2) is 29.4 Å². The van der Waals surface area contributed by atoms with Gasteiger partial charge in [-0.3, -0.25) is 4.40 Å². The van der Waals surface area contributed by atoms with E-state index in [0.29, 0.717) is 5.82 Å². The van der Waals surface area contributed by atoms with Crippen LogP contribution in [0.25, 0.3) is 5.65 Å². The number of rotatable bonds is 1. The van der Waals surface area contributed by atoms with E-state index in [4.69, 9.17) is 0 Å². The number of hydrogen-bond donors (Lipinski definition) is 0. The van der Waals surface area contributed by atoms with Gasteiger partial charge >= 0.3 is 0 Å². The maximum Gasteiger partial charge on any atom is 0.242 e. The quantitative estimate of drug-likeness (QED) is 0.485. The lowest BCUT2D eigenvalue weighted by Gasteiger charge is -1.92. The van der Waals surface area contributed by atoms with Gasteiger partial charge in [-0.1, -0.05) is 6.07 Å². The van der Waals surface area contributed by atoms with Crippen molar-refractivity contribution in [3.63, 3.8) is 0 Å². The van der Waals surface area contributed by atoms with Crippen LogP contribution >= 0.6 is 0 Å². The Morgan fingerprint density at radius 3 is 3.15 bits per heavy atom. The Kier molecular flexibility index (Phi) is 1.69. The Bertz CT molecular complexity index is 495. The highest BCUT2D eigenvalue weighted by molar-refractivity contribution is 5.55. The molecule has 0 saturated carbocycles. The van der Waals surface area contributed by atoms with Crippen molar-refractivity contribution in [2.45, 2.75) is 6.92 Å². The number of aliphatic imine (C=N–C) groups is 1. The highest BCUT2D eigenvalue weighted by Gasteiger charge is 2.05. The third-order valence-electron chi connectivity index (χ3n) is 1.82. The molecule has 0 fully saturated rings. The van der Waals surface area contributed by atoms with Crippen molar-refractivity contribution < 1.29 is 4.79 Å². The van der Waals surface area contributed by atoms with Crippen LogP contribution in [0.4, 0.5) is 5.82 Å². The summed E-state index contributed by atoms with van der Waals surface area (Å²) < 4.78 is 1.75. The first kappa shape index (κ1) is 7.71. The van der Waals surface area contributed by atoms with Crippen LogP contribution in [-0.2, 0) is 4.79 Å². The largest absolute Gasteiger partial charge is 0.284 e. The molecule has 4 nitrogen and oxygen atoms in total. The minimum absolute atomic E-state index is 0.547. The first-order valence-electron chi connectivity index (χ1n) is 3.84. The van der Waals surface area contributed by atoms with Gasteiger partial charge in [0.15, 0.2) is 5.82 Å². The van der Waals surface area contributed by atoms with Gasteiger partial charge in [-0.15, -0.1) is 4.99 Å². The molecule has 0 amide bonds. The molecule has 0 atom stereocenters. The van der Waals surface area contributed by atoms with E-state index in [1.54, 1.807) is 4.40 Å². The topological polar surface area (TPSA) is 46.7 Å². The Hall–Kier alpha value is -1.93. The van der Waals surface area contributed by atoms with Gasteiger partial charge in [0.1, 0.15) is 5.65 Å². The molecule has 0 aromatic carbocycles. The van der Waals surface area contributed by atoms with Crippen molar-refractivity contribution in [2.75, 3.05) is 0 Å². The highest BCUT2D eigenvalue weighted by atomic mass is 16.1. The summed E-state index contributed by atoms with van der Waals surface area (Å²) in [6, 6.07) is 5.60. The number of nitrogens with zero attached hydrogens (tertiary/aromatic N) is 3. The summed E-state index contributed by atoms with van der Waals surface area (Å²) in [5.41, 5.74) is 1.52. The second-order valence-corrected chi connectivity index (χ2v) is 2.65. The number of pyridine rings is 1. The molecule has 2 rings (SSSR count). The van der Waals surface area contributed by atoms with Crippen LogP contribution in [0.5, 0.6) is 0 Å². The lowest BCUT2D eigenvalue weighted by molar-refractivity contribution is 0.565. The van der Waals surface area contributed by atoms with Crippen molar-refractivity contribution in [2.24, 2.45) is 4.99 Å².